The van der Waals surface area contributed by atoms with Crippen LogP contribution in [0.2, 0.25) is 0 Å². The standard InChI is InChI=1S/C31H34N6O6/c1-18(32-2)29(40)36-24-16-33-28(19-8-4-3-5-9-19)37(31(24)42)17-26(38)34-22-12-6-11-21-20(22)10-7-13-23(21)35-30(41)25-14-15-27(39)43-25/h3-5,7-10,13,16,18,22,25,32H,6,11-12,14-15,17H2,1-2H3,(H,34,38)(H,35,41)(H,36,40). The first kappa shape index (κ1) is 29.6. The lowest BCUT2D eigenvalue weighted by molar-refractivity contribution is -0.146. The van der Waals surface area contributed by atoms with Crippen LogP contribution in [0.3, 0.4) is 0 Å². The number of hydrogen-bond acceptors (Lipinski definition) is 8. The first-order valence-electron chi connectivity index (χ1n) is 14.3. The minimum Gasteiger partial charge on any atom is -0.452 e. The monoisotopic (exact) mass is 586 g/mol. The zero-order chi connectivity index (χ0) is 30.5. The average Bonchev–Trinajstić information content (AvgIpc) is 3.46. The fourth-order valence-electron chi connectivity index (χ4n) is 5.34. The summed E-state index contributed by atoms with van der Waals surface area (Å²) in [6.45, 7) is 1.34. The maximum atomic E-state index is 13.5. The summed E-state index contributed by atoms with van der Waals surface area (Å²) in [6.07, 6.45) is 3.20. The third-order valence-corrected chi connectivity index (χ3v) is 7.74. The Morgan fingerprint density at radius 1 is 1.00 bits per heavy atom. The van der Waals surface area contributed by atoms with Gasteiger partial charge in [0.25, 0.3) is 11.5 Å². The van der Waals surface area contributed by atoms with Crippen molar-refractivity contribution >= 4 is 35.1 Å². The second-order valence-corrected chi connectivity index (χ2v) is 10.6. The number of carbonyl (C=O) groups excluding carboxylic acids is 4. The highest BCUT2D eigenvalue weighted by Gasteiger charge is 2.31. The maximum Gasteiger partial charge on any atom is 0.306 e. The van der Waals surface area contributed by atoms with Crippen molar-refractivity contribution in [3.63, 3.8) is 0 Å². The number of benzene rings is 2. The van der Waals surface area contributed by atoms with E-state index in [1.807, 2.05) is 24.3 Å². The van der Waals surface area contributed by atoms with Gasteiger partial charge in [0, 0.05) is 24.1 Å². The van der Waals surface area contributed by atoms with Crippen LogP contribution >= 0.6 is 0 Å². The van der Waals surface area contributed by atoms with Crippen molar-refractivity contribution < 1.29 is 23.9 Å². The highest BCUT2D eigenvalue weighted by molar-refractivity contribution is 5.97. The number of carbonyl (C=O) groups is 4. The number of hydrogen-bond donors (Lipinski definition) is 4. The van der Waals surface area contributed by atoms with Crippen molar-refractivity contribution in [2.45, 2.75) is 63.8 Å². The van der Waals surface area contributed by atoms with E-state index >= 15 is 0 Å². The molecule has 0 spiro atoms. The molecule has 2 aromatic carbocycles. The largest absolute Gasteiger partial charge is 0.452 e. The van der Waals surface area contributed by atoms with Gasteiger partial charge in [-0.3, -0.25) is 28.5 Å². The number of anilines is 2. The molecule has 3 aromatic rings. The van der Waals surface area contributed by atoms with E-state index < -0.39 is 29.5 Å². The lowest BCUT2D eigenvalue weighted by atomic mass is 9.86. The molecular weight excluding hydrogens is 552 g/mol. The van der Waals surface area contributed by atoms with Crippen LogP contribution in [0.25, 0.3) is 11.4 Å². The predicted octanol–water partition coefficient (Wildman–Crippen LogP) is 2.29. The second kappa shape index (κ2) is 13.0. The predicted molar refractivity (Wildman–Crippen MR) is 159 cm³/mol. The van der Waals surface area contributed by atoms with E-state index in [-0.39, 0.29) is 36.6 Å². The third kappa shape index (κ3) is 6.64. The molecule has 1 aromatic heterocycles. The Morgan fingerprint density at radius 3 is 2.51 bits per heavy atom. The van der Waals surface area contributed by atoms with E-state index in [4.69, 9.17) is 4.74 Å². The van der Waals surface area contributed by atoms with Crippen molar-refractivity contribution in [3.05, 3.63) is 76.2 Å². The molecule has 5 rings (SSSR count). The molecule has 0 saturated carbocycles. The van der Waals surface area contributed by atoms with Gasteiger partial charge in [-0.15, -0.1) is 0 Å². The first-order chi connectivity index (χ1) is 20.7. The Balaban J connectivity index is 1.37. The Kier molecular flexibility index (Phi) is 8.96. The Labute approximate surface area is 248 Å². The van der Waals surface area contributed by atoms with Crippen LogP contribution in [-0.2, 0) is 36.9 Å². The van der Waals surface area contributed by atoms with Crippen LogP contribution in [0.1, 0.15) is 49.8 Å². The molecule has 3 unspecified atom stereocenters. The van der Waals surface area contributed by atoms with E-state index in [1.165, 1.54) is 10.8 Å². The Bertz CT molecular complexity index is 1600. The second-order valence-electron chi connectivity index (χ2n) is 10.6. The van der Waals surface area contributed by atoms with E-state index in [9.17, 15) is 24.0 Å². The van der Waals surface area contributed by atoms with Gasteiger partial charge >= 0.3 is 5.97 Å². The minimum absolute atomic E-state index is 0.0316. The summed E-state index contributed by atoms with van der Waals surface area (Å²) >= 11 is 0. The van der Waals surface area contributed by atoms with Crippen LogP contribution in [0.4, 0.5) is 11.4 Å². The molecule has 2 aliphatic rings. The Hall–Kier alpha value is -4.84. The SMILES string of the molecule is CNC(C)C(=O)Nc1cnc(-c2ccccc2)n(CC(=O)NC2CCCc3c(NC(=O)C4CCC(=O)O4)cccc32)c1=O. The molecule has 224 valence electrons. The lowest BCUT2D eigenvalue weighted by Gasteiger charge is -2.28. The fourth-order valence-corrected chi connectivity index (χ4v) is 5.34. The molecule has 12 heteroatoms. The normalized spacial score (nSPS) is 18.2. The third-order valence-electron chi connectivity index (χ3n) is 7.74. The molecular formula is C31H34N6O6. The smallest absolute Gasteiger partial charge is 0.306 e. The molecule has 12 nitrogen and oxygen atoms in total. The highest BCUT2D eigenvalue weighted by atomic mass is 16.6. The number of nitrogens with one attached hydrogen (secondary N) is 4. The molecule has 2 heterocycles. The van der Waals surface area contributed by atoms with Crippen LogP contribution in [0.15, 0.2) is 59.5 Å². The van der Waals surface area contributed by atoms with Crippen LogP contribution in [0, 0.1) is 0 Å². The Morgan fingerprint density at radius 2 is 1.79 bits per heavy atom. The summed E-state index contributed by atoms with van der Waals surface area (Å²) in [4.78, 5) is 68.1. The minimum atomic E-state index is -0.810. The van der Waals surface area contributed by atoms with Crippen molar-refractivity contribution in [3.8, 4) is 11.4 Å². The number of cyclic esters (lactones) is 1. The molecule has 4 N–H and O–H groups in total. The quantitative estimate of drug-likeness (QED) is 0.278. The molecule has 1 aliphatic carbocycles. The number of rotatable bonds is 9. The van der Waals surface area contributed by atoms with Gasteiger partial charge in [-0.1, -0.05) is 42.5 Å². The lowest BCUT2D eigenvalue weighted by Crippen LogP contribution is -2.40. The van der Waals surface area contributed by atoms with Crippen LogP contribution < -0.4 is 26.8 Å². The zero-order valence-corrected chi connectivity index (χ0v) is 24.0. The summed E-state index contributed by atoms with van der Waals surface area (Å²) in [7, 11) is 1.64. The molecule has 1 fully saturated rings. The van der Waals surface area contributed by atoms with E-state index in [2.05, 4.69) is 26.3 Å². The van der Waals surface area contributed by atoms with Crippen molar-refractivity contribution in [2.75, 3.05) is 17.7 Å². The number of ether oxygens (including phenoxy) is 1. The highest BCUT2D eigenvalue weighted by Crippen LogP contribution is 2.34. The molecule has 43 heavy (non-hydrogen) atoms. The first-order valence-corrected chi connectivity index (χ1v) is 14.3. The number of likely N-dealkylation sites (N-methyl/N-ethyl adjacent to an activating group) is 1. The fraction of sp³-hybridized carbons (Fsp3) is 0.355. The van der Waals surface area contributed by atoms with E-state index in [0.29, 0.717) is 36.3 Å². The van der Waals surface area contributed by atoms with Gasteiger partial charge in [0.05, 0.1) is 18.3 Å². The summed E-state index contributed by atoms with van der Waals surface area (Å²) in [5.41, 5.74) is 2.46. The van der Waals surface area contributed by atoms with Gasteiger partial charge in [0.1, 0.15) is 18.1 Å². The van der Waals surface area contributed by atoms with Crippen molar-refractivity contribution in [1.82, 2.24) is 20.2 Å². The number of nitrogens with zero attached hydrogens (tertiary/aromatic N) is 2. The molecule has 0 radical (unpaired) electrons. The zero-order valence-electron chi connectivity index (χ0n) is 24.0. The molecule has 3 amide bonds. The number of esters is 1. The van der Waals surface area contributed by atoms with Crippen LogP contribution in [0.5, 0.6) is 0 Å². The number of fused-ring (bicyclic) bond motifs is 1. The van der Waals surface area contributed by atoms with Gasteiger partial charge in [0.2, 0.25) is 11.8 Å². The van der Waals surface area contributed by atoms with Gasteiger partial charge in [-0.05, 0) is 50.4 Å². The summed E-state index contributed by atoms with van der Waals surface area (Å²) < 4.78 is 6.36. The van der Waals surface area contributed by atoms with E-state index in [1.54, 1.807) is 38.2 Å². The number of amides is 3. The van der Waals surface area contributed by atoms with Gasteiger partial charge in [-0.2, -0.15) is 0 Å². The van der Waals surface area contributed by atoms with Crippen molar-refractivity contribution in [1.29, 1.82) is 0 Å². The summed E-state index contributed by atoms with van der Waals surface area (Å²) in [5, 5.41) is 11.4. The maximum absolute atomic E-state index is 13.5. The molecule has 1 aliphatic heterocycles. The summed E-state index contributed by atoms with van der Waals surface area (Å²) in [5.74, 6) is -1.27. The van der Waals surface area contributed by atoms with Gasteiger partial charge in [0.15, 0.2) is 6.10 Å². The topological polar surface area (TPSA) is 161 Å². The average molecular weight is 587 g/mol. The molecule has 3 atom stereocenters. The van der Waals surface area contributed by atoms with Crippen LogP contribution in [-0.4, -0.2) is 52.4 Å². The van der Waals surface area contributed by atoms with Gasteiger partial charge in [-0.25, -0.2) is 4.98 Å². The molecule has 1 saturated heterocycles. The number of aromatic nitrogens is 2. The van der Waals surface area contributed by atoms with E-state index in [0.717, 1.165) is 17.5 Å². The van der Waals surface area contributed by atoms with Gasteiger partial charge < -0.3 is 26.0 Å². The molecule has 0 bridgehead atoms. The summed E-state index contributed by atoms with van der Waals surface area (Å²) in [6, 6.07) is 13.7. The van der Waals surface area contributed by atoms with Crippen molar-refractivity contribution in [2.24, 2.45) is 0 Å².